The molecular weight excluding hydrogens is 296 g/mol. The van der Waals surface area contributed by atoms with Crippen molar-refractivity contribution in [2.24, 2.45) is 40.4 Å². The second kappa shape index (κ2) is 5.32. The maximum atomic E-state index is 12.3. The normalized spacial score (nSPS) is 60.6. The summed E-state index contributed by atoms with van der Waals surface area (Å²) in [5.41, 5.74) is -0.238. The Morgan fingerprint density at radius 1 is 0.958 bits per heavy atom. The molecule has 0 aromatic rings. The Hall–Kier alpha value is -0.370. The molecule has 0 aliphatic heterocycles. The minimum Gasteiger partial charge on any atom is -0.390 e. The van der Waals surface area contributed by atoms with Crippen LogP contribution in [-0.4, -0.2) is 16.5 Å². The van der Waals surface area contributed by atoms with Crippen LogP contribution in [0.1, 0.15) is 86.9 Å². The molecule has 0 heterocycles. The SMILES string of the molecule is [2H][C@]1(C(C)=O)CC[C@H]2[C@@H]3CC[C@H]4C[C@@](C)(O)CC[C@]4(C)[C@H]3CC[C@@]21C. The zero-order chi connectivity index (χ0) is 18.3. The van der Waals surface area contributed by atoms with Crippen molar-refractivity contribution < 1.29 is 11.3 Å². The van der Waals surface area contributed by atoms with Crippen molar-refractivity contribution in [3.8, 4) is 0 Å². The number of hydrogen-bond acceptors (Lipinski definition) is 2. The monoisotopic (exact) mass is 333 g/mol. The predicted octanol–water partition coefficient (Wildman–Crippen LogP) is 4.99. The summed E-state index contributed by atoms with van der Waals surface area (Å²) in [5, 5.41) is 10.6. The zero-order valence-electron chi connectivity index (χ0n) is 17.0. The lowest BCUT2D eigenvalue weighted by atomic mass is 9.44. The molecule has 4 fully saturated rings. The number of hydrogen-bond donors (Lipinski definition) is 1. The van der Waals surface area contributed by atoms with Crippen LogP contribution in [-0.2, 0) is 4.79 Å². The van der Waals surface area contributed by atoms with Crippen molar-refractivity contribution in [1.29, 1.82) is 0 Å². The van der Waals surface area contributed by atoms with E-state index in [0.29, 0.717) is 23.2 Å². The second-order valence-electron chi connectivity index (χ2n) is 10.4. The smallest absolute Gasteiger partial charge is 0.133 e. The van der Waals surface area contributed by atoms with E-state index in [4.69, 9.17) is 1.37 Å². The Morgan fingerprint density at radius 2 is 1.67 bits per heavy atom. The predicted molar refractivity (Wildman–Crippen MR) is 96.5 cm³/mol. The summed E-state index contributed by atoms with van der Waals surface area (Å²) >= 11 is 0. The Bertz CT molecular complexity index is 587. The van der Waals surface area contributed by atoms with E-state index in [1.54, 1.807) is 6.92 Å². The van der Waals surface area contributed by atoms with Gasteiger partial charge in [0.25, 0.3) is 0 Å². The van der Waals surface area contributed by atoms with Crippen molar-refractivity contribution >= 4 is 5.78 Å². The van der Waals surface area contributed by atoms with Crippen LogP contribution < -0.4 is 0 Å². The molecule has 0 bridgehead atoms. The molecule has 0 unspecified atom stereocenters. The Labute approximate surface area is 149 Å². The minimum absolute atomic E-state index is 0.0876. The third kappa shape index (κ3) is 2.27. The fourth-order valence-corrected chi connectivity index (χ4v) is 7.82. The average molecular weight is 334 g/mol. The quantitative estimate of drug-likeness (QED) is 0.734. The molecule has 0 aromatic carbocycles. The summed E-state index contributed by atoms with van der Waals surface area (Å²) in [6.45, 7) is 8.43. The maximum absolute atomic E-state index is 12.3. The lowest BCUT2D eigenvalue weighted by Gasteiger charge is -2.61. The number of ketones is 1. The van der Waals surface area contributed by atoms with Gasteiger partial charge in [0.2, 0.25) is 0 Å². The van der Waals surface area contributed by atoms with E-state index in [1.165, 1.54) is 19.3 Å². The molecule has 0 spiro atoms. The molecule has 0 radical (unpaired) electrons. The minimum atomic E-state index is -0.851. The molecule has 4 aliphatic rings. The first-order valence-electron chi connectivity index (χ1n) is 10.8. The molecule has 2 nitrogen and oxygen atoms in total. The summed E-state index contributed by atoms with van der Waals surface area (Å²) in [6, 6.07) is 0. The summed E-state index contributed by atoms with van der Waals surface area (Å²) in [5.74, 6) is 1.86. The van der Waals surface area contributed by atoms with Crippen molar-refractivity contribution in [3.05, 3.63) is 0 Å². The van der Waals surface area contributed by atoms with Gasteiger partial charge in [-0.3, -0.25) is 4.79 Å². The second-order valence-corrected chi connectivity index (χ2v) is 10.4. The van der Waals surface area contributed by atoms with Gasteiger partial charge in [0.05, 0.1) is 5.60 Å². The third-order valence-corrected chi connectivity index (χ3v) is 9.16. The fraction of sp³-hybridized carbons (Fsp3) is 0.955. The molecule has 136 valence electrons. The highest BCUT2D eigenvalue weighted by Gasteiger charge is 2.61. The average Bonchev–Trinajstić information content (AvgIpc) is 2.81. The van der Waals surface area contributed by atoms with Gasteiger partial charge in [-0.1, -0.05) is 13.8 Å². The molecule has 4 aliphatic carbocycles. The first-order chi connectivity index (χ1) is 11.5. The fourth-order valence-electron chi connectivity index (χ4n) is 7.82. The van der Waals surface area contributed by atoms with E-state index in [2.05, 4.69) is 13.8 Å². The Balaban J connectivity index is 1.64. The van der Waals surface area contributed by atoms with Crippen LogP contribution in [0, 0.1) is 40.4 Å². The number of carbonyl (C=O) groups excluding carboxylic acids is 1. The van der Waals surface area contributed by atoms with Crippen LogP contribution in [0.15, 0.2) is 0 Å². The van der Waals surface area contributed by atoms with E-state index in [9.17, 15) is 9.90 Å². The van der Waals surface area contributed by atoms with Gasteiger partial charge in [0.1, 0.15) is 5.78 Å². The van der Waals surface area contributed by atoms with Crippen LogP contribution in [0.4, 0.5) is 0 Å². The highest BCUT2D eigenvalue weighted by Crippen LogP contribution is 2.68. The molecule has 8 atom stereocenters. The number of rotatable bonds is 1. The van der Waals surface area contributed by atoms with Crippen molar-refractivity contribution in [2.75, 3.05) is 0 Å². The van der Waals surface area contributed by atoms with Crippen LogP contribution in [0.3, 0.4) is 0 Å². The van der Waals surface area contributed by atoms with E-state index >= 15 is 0 Å². The summed E-state index contributed by atoms with van der Waals surface area (Å²) in [4.78, 5) is 12.3. The summed E-state index contributed by atoms with van der Waals surface area (Å²) in [7, 11) is 0. The summed E-state index contributed by atoms with van der Waals surface area (Å²) in [6.07, 6.45) is 9.57. The number of fused-ring (bicyclic) bond motifs is 5. The van der Waals surface area contributed by atoms with Gasteiger partial charge in [0.15, 0.2) is 0 Å². The van der Waals surface area contributed by atoms with Gasteiger partial charge in [0, 0.05) is 7.26 Å². The zero-order valence-corrected chi connectivity index (χ0v) is 16.0. The topological polar surface area (TPSA) is 37.3 Å². The highest BCUT2D eigenvalue weighted by atomic mass is 16.3. The van der Waals surface area contributed by atoms with Gasteiger partial charge >= 0.3 is 0 Å². The Kier molecular flexibility index (Phi) is 3.51. The Morgan fingerprint density at radius 3 is 2.38 bits per heavy atom. The molecule has 4 saturated carbocycles. The standard InChI is InChI=1S/C22H36O2/c1-14(23)17-7-8-18-16-6-5-15-13-20(2,24)11-12-21(15,3)19(16)9-10-22(17,18)4/h15-19,24H,5-13H2,1-4H3/t15-,16-,17+,18-,19-,20-,21-,22+/m0/s1/i17D. The van der Waals surface area contributed by atoms with Gasteiger partial charge in [-0.25, -0.2) is 0 Å². The molecular formula is C22H36O2. The van der Waals surface area contributed by atoms with Crippen molar-refractivity contribution in [1.82, 2.24) is 0 Å². The molecule has 1 N–H and O–H groups in total. The lowest BCUT2D eigenvalue weighted by molar-refractivity contribution is -0.150. The van der Waals surface area contributed by atoms with Crippen LogP contribution in [0.2, 0.25) is 0 Å². The first-order valence-corrected chi connectivity index (χ1v) is 10.3. The van der Waals surface area contributed by atoms with Crippen LogP contribution >= 0.6 is 0 Å². The third-order valence-electron chi connectivity index (χ3n) is 9.16. The molecule has 0 saturated heterocycles. The highest BCUT2D eigenvalue weighted by molar-refractivity contribution is 5.79. The molecule has 24 heavy (non-hydrogen) atoms. The van der Waals surface area contributed by atoms with Gasteiger partial charge in [-0.05, 0) is 106 Å². The number of aliphatic hydroxyl groups is 1. The van der Waals surface area contributed by atoms with E-state index < -0.39 is 11.5 Å². The van der Waals surface area contributed by atoms with E-state index in [0.717, 1.165) is 44.4 Å². The van der Waals surface area contributed by atoms with Crippen LogP contribution in [0.5, 0.6) is 0 Å². The van der Waals surface area contributed by atoms with E-state index in [-0.39, 0.29) is 11.2 Å². The largest absolute Gasteiger partial charge is 0.390 e. The first kappa shape index (κ1) is 15.9. The number of Topliss-reactive ketones (excluding diaryl/α,β-unsaturated/α-hetero) is 1. The molecule has 0 amide bonds. The van der Waals surface area contributed by atoms with E-state index in [1.807, 2.05) is 6.92 Å². The van der Waals surface area contributed by atoms with Crippen molar-refractivity contribution in [3.63, 3.8) is 0 Å². The van der Waals surface area contributed by atoms with Crippen LogP contribution in [0.25, 0.3) is 0 Å². The van der Waals surface area contributed by atoms with Gasteiger partial charge in [-0.15, -0.1) is 0 Å². The molecule has 0 aromatic heterocycles. The maximum Gasteiger partial charge on any atom is 0.133 e. The summed E-state index contributed by atoms with van der Waals surface area (Å²) < 4.78 is 8.96. The van der Waals surface area contributed by atoms with Crippen molar-refractivity contribution in [2.45, 2.75) is 91.1 Å². The lowest BCUT2D eigenvalue weighted by Crippen LogP contribution is -2.55. The molecule has 4 rings (SSSR count). The van der Waals surface area contributed by atoms with Gasteiger partial charge in [-0.2, -0.15) is 0 Å². The van der Waals surface area contributed by atoms with Gasteiger partial charge < -0.3 is 5.11 Å². The number of carbonyl (C=O) groups is 1. The molecule has 2 heteroatoms.